The number of anilines is 2. The molecule has 0 fully saturated rings. The monoisotopic (exact) mass is 313 g/mol. The number of likely N-dealkylation sites (N-methyl/N-ethyl adjacent to an activating group) is 1. The molecule has 0 aliphatic carbocycles. The van der Waals surface area contributed by atoms with Crippen molar-refractivity contribution in [1.29, 1.82) is 0 Å². The molecule has 0 saturated carbocycles. The molecular formula is C17H20FN5. The molecule has 3 heterocycles. The zero-order chi connectivity index (χ0) is 16.4. The molecule has 2 aromatic rings. The molecule has 5 nitrogen and oxygen atoms in total. The summed E-state index contributed by atoms with van der Waals surface area (Å²) in [6, 6.07) is 1.71. The summed E-state index contributed by atoms with van der Waals surface area (Å²) in [7, 11) is 0. The fourth-order valence-corrected chi connectivity index (χ4v) is 2.77. The largest absolute Gasteiger partial charge is 0.354 e. The minimum absolute atomic E-state index is 0.305. The van der Waals surface area contributed by atoms with E-state index in [0.717, 1.165) is 35.7 Å². The first kappa shape index (κ1) is 15.4. The van der Waals surface area contributed by atoms with Crippen LogP contribution in [0.15, 0.2) is 18.5 Å². The van der Waals surface area contributed by atoms with Gasteiger partial charge >= 0.3 is 0 Å². The van der Waals surface area contributed by atoms with Crippen LogP contribution in [0.3, 0.4) is 0 Å². The highest BCUT2D eigenvalue weighted by atomic mass is 19.1. The quantitative estimate of drug-likeness (QED) is 0.940. The van der Waals surface area contributed by atoms with E-state index in [1.807, 2.05) is 19.9 Å². The highest BCUT2D eigenvalue weighted by molar-refractivity contribution is 5.91. The lowest BCUT2D eigenvalue weighted by atomic mass is 9.98. The average Bonchev–Trinajstić information content (AvgIpc) is 2.55. The predicted molar refractivity (Wildman–Crippen MR) is 90.9 cm³/mol. The van der Waals surface area contributed by atoms with Crippen molar-refractivity contribution in [2.75, 3.05) is 29.9 Å². The van der Waals surface area contributed by atoms with Crippen LogP contribution in [-0.4, -0.2) is 34.6 Å². The second-order valence-electron chi connectivity index (χ2n) is 5.44. The van der Waals surface area contributed by atoms with Gasteiger partial charge in [0.05, 0.1) is 11.9 Å². The molecule has 1 aliphatic rings. The summed E-state index contributed by atoms with van der Waals surface area (Å²) in [5, 5.41) is 3.16. The fraction of sp³-hybridized carbons (Fsp3) is 0.353. The van der Waals surface area contributed by atoms with Gasteiger partial charge in [-0.25, -0.2) is 9.37 Å². The first-order valence-electron chi connectivity index (χ1n) is 7.82. The summed E-state index contributed by atoms with van der Waals surface area (Å²) in [5.41, 5.74) is 3.34. The van der Waals surface area contributed by atoms with E-state index in [2.05, 4.69) is 32.1 Å². The summed E-state index contributed by atoms with van der Waals surface area (Å²) < 4.78 is 14.1. The number of nitrogens with zero attached hydrogens (tertiary/aromatic N) is 4. The molecule has 6 heteroatoms. The molecule has 0 atom stereocenters. The third kappa shape index (κ3) is 2.88. The second kappa shape index (κ2) is 6.32. The number of hydrogen-bond acceptors (Lipinski definition) is 5. The Kier molecular flexibility index (Phi) is 4.23. The first-order valence-corrected chi connectivity index (χ1v) is 7.82. The summed E-state index contributed by atoms with van der Waals surface area (Å²) in [6.45, 7) is 8.22. The summed E-state index contributed by atoms with van der Waals surface area (Å²) in [6.07, 6.45) is 4.85. The van der Waals surface area contributed by atoms with Gasteiger partial charge in [0, 0.05) is 37.0 Å². The van der Waals surface area contributed by atoms with Crippen LogP contribution >= 0.6 is 0 Å². The van der Waals surface area contributed by atoms with E-state index in [9.17, 15) is 4.39 Å². The van der Waals surface area contributed by atoms with Gasteiger partial charge in [-0.15, -0.1) is 0 Å². The molecule has 0 radical (unpaired) electrons. The number of nitrogens with one attached hydrogen (secondary N) is 1. The lowest BCUT2D eigenvalue weighted by molar-refractivity contribution is 0.616. The van der Waals surface area contributed by atoms with E-state index < -0.39 is 0 Å². The second-order valence-corrected chi connectivity index (χ2v) is 5.44. The van der Waals surface area contributed by atoms with Crippen LogP contribution in [-0.2, 0) is 0 Å². The van der Waals surface area contributed by atoms with Gasteiger partial charge in [0.2, 0.25) is 5.95 Å². The van der Waals surface area contributed by atoms with Crippen molar-refractivity contribution >= 4 is 23.4 Å². The number of aryl methyl sites for hydroxylation is 1. The van der Waals surface area contributed by atoms with Crippen LogP contribution in [0.25, 0.3) is 11.6 Å². The summed E-state index contributed by atoms with van der Waals surface area (Å²) in [4.78, 5) is 15.1. The number of aromatic nitrogens is 3. The zero-order valence-electron chi connectivity index (χ0n) is 13.6. The SMILES string of the molecule is CCNc1nc(C)c2c(n1)N(CC)CC(c1ccncc1F)=C2. The molecule has 0 aromatic carbocycles. The zero-order valence-corrected chi connectivity index (χ0v) is 13.6. The number of rotatable bonds is 4. The molecule has 1 N–H and O–H groups in total. The smallest absolute Gasteiger partial charge is 0.224 e. The van der Waals surface area contributed by atoms with Crippen molar-refractivity contribution < 1.29 is 4.39 Å². The van der Waals surface area contributed by atoms with Gasteiger partial charge in [-0.1, -0.05) is 0 Å². The molecule has 0 spiro atoms. The van der Waals surface area contributed by atoms with E-state index in [4.69, 9.17) is 0 Å². The van der Waals surface area contributed by atoms with Crippen molar-refractivity contribution in [2.24, 2.45) is 0 Å². The molecule has 2 aromatic heterocycles. The molecule has 23 heavy (non-hydrogen) atoms. The third-order valence-electron chi connectivity index (χ3n) is 3.93. The van der Waals surface area contributed by atoms with Gasteiger partial charge in [0.1, 0.15) is 11.6 Å². The van der Waals surface area contributed by atoms with Crippen LogP contribution in [0, 0.1) is 12.7 Å². The minimum atomic E-state index is -0.305. The Morgan fingerprint density at radius 1 is 1.30 bits per heavy atom. The van der Waals surface area contributed by atoms with Gasteiger partial charge in [-0.05, 0) is 38.5 Å². The molecule has 0 saturated heterocycles. The van der Waals surface area contributed by atoms with Gasteiger partial charge in [-0.2, -0.15) is 4.98 Å². The van der Waals surface area contributed by atoms with Gasteiger partial charge in [0.15, 0.2) is 0 Å². The van der Waals surface area contributed by atoms with Crippen molar-refractivity contribution in [1.82, 2.24) is 15.0 Å². The number of fused-ring (bicyclic) bond motifs is 1. The summed E-state index contributed by atoms with van der Waals surface area (Å²) >= 11 is 0. The fourth-order valence-electron chi connectivity index (χ4n) is 2.77. The molecule has 1 aliphatic heterocycles. The Balaban J connectivity index is 2.12. The molecule has 0 bridgehead atoms. The van der Waals surface area contributed by atoms with E-state index in [-0.39, 0.29) is 5.82 Å². The molecule has 120 valence electrons. The maximum atomic E-state index is 14.1. The Labute approximate surface area is 135 Å². The van der Waals surface area contributed by atoms with E-state index in [1.54, 1.807) is 12.3 Å². The normalized spacial score (nSPS) is 13.6. The maximum Gasteiger partial charge on any atom is 0.224 e. The Bertz CT molecular complexity index is 757. The van der Waals surface area contributed by atoms with Gasteiger partial charge < -0.3 is 10.2 Å². The highest BCUT2D eigenvalue weighted by Crippen LogP contribution is 2.33. The summed E-state index contributed by atoms with van der Waals surface area (Å²) in [5.74, 6) is 1.23. The Morgan fingerprint density at radius 2 is 2.13 bits per heavy atom. The molecule has 0 amide bonds. The standard InChI is InChI=1S/C17H20FN5/c1-4-20-17-21-11(3)14-8-12(10-23(5-2)16(14)22-17)13-6-7-19-9-15(13)18/h6-9H,4-5,10H2,1-3H3,(H,20,21,22). The van der Waals surface area contributed by atoms with E-state index >= 15 is 0 Å². The Hall–Kier alpha value is -2.50. The van der Waals surface area contributed by atoms with Crippen molar-refractivity contribution in [3.05, 3.63) is 41.1 Å². The first-order chi connectivity index (χ1) is 11.1. The number of pyridine rings is 1. The van der Waals surface area contributed by atoms with Gasteiger partial charge in [-0.3, -0.25) is 4.98 Å². The van der Waals surface area contributed by atoms with Gasteiger partial charge in [0.25, 0.3) is 0 Å². The molecule has 0 unspecified atom stereocenters. The molecule has 3 rings (SSSR count). The predicted octanol–water partition coefficient (Wildman–Crippen LogP) is 3.13. The van der Waals surface area contributed by atoms with E-state index in [1.165, 1.54) is 6.20 Å². The van der Waals surface area contributed by atoms with Crippen molar-refractivity contribution in [3.8, 4) is 0 Å². The maximum absolute atomic E-state index is 14.1. The van der Waals surface area contributed by atoms with Crippen LogP contribution in [0.4, 0.5) is 16.2 Å². The molecular weight excluding hydrogens is 293 g/mol. The third-order valence-corrected chi connectivity index (χ3v) is 3.93. The average molecular weight is 313 g/mol. The Morgan fingerprint density at radius 3 is 2.83 bits per heavy atom. The van der Waals surface area contributed by atoms with Crippen LogP contribution in [0.1, 0.15) is 30.7 Å². The lowest BCUT2D eigenvalue weighted by Gasteiger charge is -2.30. The van der Waals surface area contributed by atoms with Crippen LogP contribution < -0.4 is 10.2 Å². The van der Waals surface area contributed by atoms with Crippen molar-refractivity contribution in [2.45, 2.75) is 20.8 Å². The minimum Gasteiger partial charge on any atom is -0.354 e. The number of halogens is 1. The van der Waals surface area contributed by atoms with Crippen LogP contribution in [0.5, 0.6) is 0 Å². The topological polar surface area (TPSA) is 53.9 Å². The number of hydrogen-bond donors (Lipinski definition) is 1. The van der Waals surface area contributed by atoms with E-state index in [0.29, 0.717) is 18.1 Å². The highest BCUT2D eigenvalue weighted by Gasteiger charge is 2.23. The lowest BCUT2D eigenvalue weighted by Crippen LogP contribution is -2.30. The van der Waals surface area contributed by atoms with Crippen LogP contribution in [0.2, 0.25) is 0 Å². The van der Waals surface area contributed by atoms with Crippen molar-refractivity contribution in [3.63, 3.8) is 0 Å².